The average Bonchev–Trinajstić information content (AvgIpc) is 3.09. The highest BCUT2D eigenvalue weighted by Crippen LogP contribution is 2.24. The van der Waals surface area contributed by atoms with Crippen molar-refractivity contribution in [2.45, 2.75) is 26.8 Å². The molecule has 0 fully saturated rings. The SMILES string of the molecule is CCN(CC)S(=O)(=O)N(C)C(C)c1ccc(-n2cncn2)cc1. The highest BCUT2D eigenvalue weighted by atomic mass is 32.2. The Balaban J connectivity index is 2.21. The fourth-order valence-electron chi connectivity index (χ4n) is 2.39. The topological polar surface area (TPSA) is 71.3 Å². The molecule has 0 radical (unpaired) electrons. The molecule has 23 heavy (non-hydrogen) atoms. The molecule has 1 aromatic carbocycles. The maximum absolute atomic E-state index is 12.6. The van der Waals surface area contributed by atoms with Gasteiger partial charge in [0.2, 0.25) is 0 Å². The molecule has 126 valence electrons. The molecule has 1 aromatic heterocycles. The second kappa shape index (κ2) is 7.20. The summed E-state index contributed by atoms with van der Waals surface area (Å²) in [6, 6.07) is 7.37. The maximum atomic E-state index is 12.6. The van der Waals surface area contributed by atoms with Gasteiger partial charge in [-0.2, -0.15) is 22.1 Å². The smallest absolute Gasteiger partial charge is 0.223 e. The molecule has 0 aliphatic heterocycles. The van der Waals surface area contributed by atoms with Crippen molar-refractivity contribution in [3.05, 3.63) is 42.5 Å². The number of aromatic nitrogens is 3. The van der Waals surface area contributed by atoms with Crippen molar-refractivity contribution in [1.82, 2.24) is 23.4 Å². The first-order valence-corrected chi connectivity index (χ1v) is 8.99. The summed E-state index contributed by atoms with van der Waals surface area (Å²) >= 11 is 0. The highest BCUT2D eigenvalue weighted by Gasteiger charge is 2.28. The van der Waals surface area contributed by atoms with Gasteiger partial charge >= 0.3 is 0 Å². The van der Waals surface area contributed by atoms with Gasteiger partial charge in [0, 0.05) is 26.2 Å². The molecule has 2 rings (SSSR count). The van der Waals surface area contributed by atoms with E-state index in [1.165, 1.54) is 14.9 Å². The first kappa shape index (κ1) is 17.6. The molecule has 0 aliphatic rings. The van der Waals surface area contributed by atoms with Gasteiger partial charge in [-0.1, -0.05) is 26.0 Å². The standard InChI is InChI=1S/C15H23N5O2S/c1-5-19(6-2)23(21,22)18(4)13(3)14-7-9-15(10-8-14)20-12-16-11-17-20/h7-13H,5-6H2,1-4H3. The van der Waals surface area contributed by atoms with Crippen molar-refractivity contribution in [1.29, 1.82) is 0 Å². The van der Waals surface area contributed by atoms with Crippen LogP contribution in [0.25, 0.3) is 5.69 Å². The van der Waals surface area contributed by atoms with Gasteiger partial charge < -0.3 is 0 Å². The summed E-state index contributed by atoms with van der Waals surface area (Å²) in [5, 5.41) is 4.07. The molecular formula is C15H23N5O2S. The third-order valence-electron chi connectivity index (χ3n) is 4.00. The van der Waals surface area contributed by atoms with Crippen LogP contribution in [0.15, 0.2) is 36.9 Å². The van der Waals surface area contributed by atoms with Crippen molar-refractivity contribution < 1.29 is 8.42 Å². The largest absolute Gasteiger partial charge is 0.282 e. The molecule has 1 heterocycles. The van der Waals surface area contributed by atoms with E-state index >= 15 is 0 Å². The summed E-state index contributed by atoms with van der Waals surface area (Å²) in [4.78, 5) is 3.91. The molecule has 0 N–H and O–H groups in total. The molecule has 2 aromatic rings. The van der Waals surface area contributed by atoms with E-state index in [1.54, 1.807) is 18.1 Å². The molecule has 0 bridgehead atoms. The number of benzene rings is 1. The van der Waals surface area contributed by atoms with Crippen molar-refractivity contribution >= 4 is 10.2 Å². The van der Waals surface area contributed by atoms with E-state index in [0.29, 0.717) is 13.1 Å². The summed E-state index contributed by atoms with van der Waals surface area (Å²) in [5.41, 5.74) is 1.81. The normalized spacial score (nSPS) is 13.7. The van der Waals surface area contributed by atoms with E-state index < -0.39 is 10.2 Å². The lowest BCUT2D eigenvalue weighted by Gasteiger charge is -2.30. The van der Waals surface area contributed by atoms with Crippen LogP contribution < -0.4 is 0 Å². The van der Waals surface area contributed by atoms with Crippen LogP contribution in [0, 0.1) is 0 Å². The second-order valence-corrected chi connectivity index (χ2v) is 7.20. The van der Waals surface area contributed by atoms with Gasteiger partial charge in [0.1, 0.15) is 12.7 Å². The Morgan fingerprint density at radius 3 is 2.26 bits per heavy atom. The Kier molecular flexibility index (Phi) is 5.51. The number of rotatable bonds is 7. The van der Waals surface area contributed by atoms with E-state index in [1.807, 2.05) is 45.0 Å². The van der Waals surface area contributed by atoms with Crippen LogP contribution in [0.2, 0.25) is 0 Å². The van der Waals surface area contributed by atoms with Crippen molar-refractivity contribution in [3.8, 4) is 5.69 Å². The average molecular weight is 337 g/mol. The Morgan fingerprint density at radius 1 is 1.17 bits per heavy atom. The van der Waals surface area contributed by atoms with Crippen LogP contribution in [-0.4, -0.2) is 51.9 Å². The number of nitrogens with zero attached hydrogens (tertiary/aromatic N) is 5. The van der Waals surface area contributed by atoms with Crippen molar-refractivity contribution in [2.24, 2.45) is 0 Å². The van der Waals surface area contributed by atoms with Gasteiger partial charge in [0.15, 0.2) is 0 Å². The lowest BCUT2D eigenvalue weighted by Crippen LogP contribution is -2.42. The van der Waals surface area contributed by atoms with E-state index in [4.69, 9.17) is 0 Å². The molecule has 7 nitrogen and oxygen atoms in total. The minimum atomic E-state index is -3.46. The zero-order valence-electron chi connectivity index (χ0n) is 13.9. The third-order valence-corrected chi connectivity index (χ3v) is 6.21. The molecular weight excluding hydrogens is 314 g/mol. The van der Waals surface area contributed by atoms with E-state index in [0.717, 1.165) is 11.3 Å². The third kappa shape index (κ3) is 3.60. The van der Waals surface area contributed by atoms with Crippen molar-refractivity contribution in [3.63, 3.8) is 0 Å². The summed E-state index contributed by atoms with van der Waals surface area (Å²) in [6.07, 6.45) is 3.09. The van der Waals surface area contributed by atoms with Gasteiger partial charge in [-0.25, -0.2) is 9.67 Å². The van der Waals surface area contributed by atoms with E-state index in [2.05, 4.69) is 10.1 Å². The molecule has 0 spiro atoms. The molecule has 1 unspecified atom stereocenters. The molecule has 8 heteroatoms. The van der Waals surface area contributed by atoms with Gasteiger partial charge in [-0.3, -0.25) is 0 Å². The monoisotopic (exact) mass is 337 g/mol. The lowest BCUT2D eigenvalue weighted by molar-refractivity contribution is 0.340. The van der Waals surface area contributed by atoms with Crippen LogP contribution in [0.4, 0.5) is 0 Å². The Labute approximate surface area is 137 Å². The van der Waals surface area contributed by atoms with E-state index in [-0.39, 0.29) is 6.04 Å². The van der Waals surface area contributed by atoms with Gasteiger partial charge in [0.05, 0.1) is 5.69 Å². The van der Waals surface area contributed by atoms with Crippen LogP contribution in [0.1, 0.15) is 32.4 Å². The number of hydrogen-bond acceptors (Lipinski definition) is 4. The lowest BCUT2D eigenvalue weighted by atomic mass is 10.1. The second-order valence-electron chi connectivity index (χ2n) is 5.22. The molecule has 0 amide bonds. The molecule has 0 saturated heterocycles. The summed E-state index contributed by atoms with van der Waals surface area (Å²) in [6.45, 7) is 6.48. The zero-order valence-corrected chi connectivity index (χ0v) is 14.7. The van der Waals surface area contributed by atoms with Gasteiger partial charge in [-0.15, -0.1) is 0 Å². The van der Waals surface area contributed by atoms with E-state index in [9.17, 15) is 8.42 Å². The molecule has 0 aliphatic carbocycles. The Hall–Kier alpha value is -1.77. The van der Waals surface area contributed by atoms with Gasteiger partial charge in [0.25, 0.3) is 10.2 Å². The highest BCUT2D eigenvalue weighted by molar-refractivity contribution is 7.86. The zero-order chi connectivity index (χ0) is 17.0. The molecule has 0 saturated carbocycles. The number of hydrogen-bond donors (Lipinski definition) is 0. The predicted octanol–water partition coefficient (Wildman–Crippen LogP) is 1.85. The van der Waals surface area contributed by atoms with Crippen molar-refractivity contribution in [2.75, 3.05) is 20.1 Å². The van der Waals surface area contributed by atoms with Crippen LogP contribution >= 0.6 is 0 Å². The van der Waals surface area contributed by atoms with Crippen LogP contribution in [-0.2, 0) is 10.2 Å². The minimum absolute atomic E-state index is 0.259. The minimum Gasteiger partial charge on any atom is -0.223 e. The Morgan fingerprint density at radius 2 is 1.78 bits per heavy atom. The fourth-order valence-corrected chi connectivity index (χ4v) is 3.93. The maximum Gasteiger partial charge on any atom is 0.282 e. The Bertz CT molecular complexity index is 709. The van der Waals surface area contributed by atoms with Gasteiger partial charge in [-0.05, 0) is 24.6 Å². The summed E-state index contributed by atoms with van der Waals surface area (Å²) < 4.78 is 29.7. The summed E-state index contributed by atoms with van der Waals surface area (Å²) in [7, 11) is -1.85. The molecule has 1 atom stereocenters. The fraction of sp³-hybridized carbons (Fsp3) is 0.467. The predicted molar refractivity (Wildman–Crippen MR) is 89.4 cm³/mol. The van der Waals surface area contributed by atoms with Crippen LogP contribution in [0.3, 0.4) is 0 Å². The quantitative estimate of drug-likeness (QED) is 0.773. The first-order chi connectivity index (χ1) is 10.9. The summed E-state index contributed by atoms with van der Waals surface area (Å²) in [5.74, 6) is 0. The first-order valence-electron chi connectivity index (χ1n) is 7.59. The van der Waals surface area contributed by atoms with Crippen LogP contribution in [0.5, 0.6) is 0 Å².